The molecular weight excluding hydrogens is 461 g/mol. The minimum Gasteiger partial charge on any atom is -0.376 e. The highest BCUT2D eigenvalue weighted by Gasteiger charge is 2.24. The summed E-state index contributed by atoms with van der Waals surface area (Å²) in [6.07, 6.45) is 2.09. The van der Waals surface area contributed by atoms with E-state index in [1.54, 1.807) is 12.1 Å². The zero-order valence-corrected chi connectivity index (χ0v) is 20.2. The molecule has 0 spiro atoms. The number of rotatable bonds is 6. The molecule has 7 nitrogen and oxygen atoms in total. The molecule has 1 N–H and O–H groups in total. The Balaban J connectivity index is 1.49. The number of aromatic nitrogens is 5. The normalized spacial score (nSPS) is 17.2. The number of aryl methyl sites for hydroxylation is 2. The lowest BCUT2D eigenvalue weighted by molar-refractivity contribution is 0.0953. The van der Waals surface area contributed by atoms with Crippen LogP contribution < -0.4 is 5.56 Å². The maximum Gasteiger partial charge on any atom is 0.259 e. The summed E-state index contributed by atoms with van der Waals surface area (Å²) < 4.78 is 21.3. The lowest BCUT2D eigenvalue weighted by atomic mass is 10.2. The van der Waals surface area contributed by atoms with E-state index in [0.717, 1.165) is 40.3 Å². The average molecular weight is 486 g/mol. The average Bonchev–Trinajstić information content (AvgIpc) is 3.50. The van der Waals surface area contributed by atoms with Gasteiger partial charge >= 0.3 is 0 Å². The first-order valence-electron chi connectivity index (χ1n) is 10.9. The largest absolute Gasteiger partial charge is 0.376 e. The van der Waals surface area contributed by atoms with Crippen LogP contribution in [0, 0.1) is 19.7 Å². The Kier molecular flexibility index (Phi) is 6.07. The van der Waals surface area contributed by atoms with E-state index in [0.29, 0.717) is 28.7 Å². The third-order valence-corrected chi connectivity index (χ3v) is 8.14. The minimum atomic E-state index is -0.295. The summed E-state index contributed by atoms with van der Waals surface area (Å²) in [5.74, 6) is 0.979. The smallest absolute Gasteiger partial charge is 0.259 e. The number of nitrogens with one attached hydrogen (secondary N) is 1. The Hall–Kier alpha value is -2.56. The Bertz CT molecular complexity index is 1360. The summed E-state index contributed by atoms with van der Waals surface area (Å²) in [4.78, 5) is 22.3. The van der Waals surface area contributed by atoms with E-state index in [1.807, 2.05) is 25.3 Å². The summed E-state index contributed by atoms with van der Waals surface area (Å²) in [5.41, 5.74) is 1.66. The van der Waals surface area contributed by atoms with Gasteiger partial charge in [-0.25, -0.2) is 9.37 Å². The molecule has 4 heterocycles. The number of halogens is 1. The van der Waals surface area contributed by atoms with Crippen molar-refractivity contribution >= 4 is 33.3 Å². The van der Waals surface area contributed by atoms with Gasteiger partial charge in [-0.05, 0) is 63.4 Å². The molecule has 0 bridgehead atoms. The first kappa shape index (κ1) is 22.2. The summed E-state index contributed by atoms with van der Waals surface area (Å²) in [6, 6.07) is 6.25. The number of hydrogen-bond donors (Lipinski definition) is 1. The van der Waals surface area contributed by atoms with Crippen molar-refractivity contribution in [2.45, 2.75) is 56.7 Å². The first-order chi connectivity index (χ1) is 15.9. The van der Waals surface area contributed by atoms with Crippen molar-refractivity contribution < 1.29 is 9.13 Å². The number of thiophene rings is 1. The van der Waals surface area contributed by atoms with Crippen LogP contribution >= 0.6 is 23.1 Å². The van der Waals surface area contributed by atoms with Crippen molar-refractivity contribution in [1.29, 1.82) is 0 Å². The number of ether oxygens (including phenoxy) is 1. The number of fused-ring (bicyclic) bond motifs is 1. The predicted octanol–water partition coefficient (Wildman–Crippen LogP) is 5.03. The Morgan fingerprint density at radius 2 is 2.09 bits per heavy atom. The molecule has 1 aromatic carbocycles. The quantitative estimate of drug-likeness (QED) is 0.386. The summed E-state index contributed by atoms with van der Waals surface area (Å²) in [5, 5.41) is 10.1. The third-order valence-electron chi connectivity index (χ3n) is 5.95. The van der Waals surface area contributed by atoms with Gasteiger partial charge in [0.25, 0.3) is 5.56 Å². The second-order valence-corrected chi connectivity index (χ2v) is 10.7. The molecule has 172 valence electrons. The molecule has 4 aromatic rings. The maximum atomic E-state index is 13.5. The SMILES string of the molecule is Cc1sc2nc([C@@H](C)Sc3nnc(-c4ccc(F)cc4)n3C[C@@H]3CCCO3)[nH]c(=O)c2c1C. The van der Waals surface area contributed by atoms with Gasteiger partial charge in [-0.15, -0.1) is 21.5 Å². The highest BCUT2D eigenvalue weighted by atomic mass is 32.2. The molecule has 1 aliphatic rings. The van der Waals surface area contributed by atoms with Crippen molar-refractivity contribution in [1.82, 2.24) is 24.7 Å². The second kappa shape index (κ2) is 9.00. The van der Waals surface area contributed by atoms with E-state index in [2.05, 4.69) is 15.2 Å². The first-order valence-corrected chi connectivity index (χ1v) is 12.6. The van der Waals surface area contributed by atoms with Crippen LogP contribution in [-0.4, -0.2) is 37.4 Å². The Morgan fingerprint density at radius 3 is 2.82 bits per heavy atom. The Labute approximate surface area is 198 Å². The lowest BCUT2D eigenvalue weighted by Gasteiger charge is -2.16. The number of benzene rings is 1. The topological polar surface area (TPSA) is 85.7 Å². The summed E-state index contributed by atoms with van der Waals surface area (Å²) >= 11 is 3.02. The van der Waals surface area contributed by atoms with Crippen molar-refractivity contribution in [2.24, 2.45) is 0 Å². The molecule has 1 aliphatic heterocycles. The number of nitrogens with zero attached hydrogens (tertiary/aromatic N) is 4. The molecule has 0 amide bonds. The molecule has 1 fully saturated rings. The van der Waals surface area contributed by atoms with Crippen molar-refractivity contribution in [3.8, 4) is 11.4 Å². The van der Waals surface area contributed by atoms with E-state index in [9.17, 15) is 9.18 Å². The van der Waals surface area contributed by atoms with Crippen LogP contribution in [0.2, 0.25) is 0 Å². The van der Waals surface area contributed by atoms with Crippen molar-refractivity contribution in [2.75, 3.05) is 6.61 Å². The van der Waals surface area contributed by atoms with Crippen LogP contribution in [0.5, 0.6) is 0 Å². The van der Waals surface area contributed by atoms with E-state index in [4.69, 9.17) is 9.72 Å². The predicted molar refractivity (Wildman–Crippen MR) is 128 cm³/mol. The monoisotopic (exact) mass is 485 g/mol. The number of aromatic amines is 1. The second-order valence-electron chi connectivity index (χ2n) is 8.23. The number of H-pyrrole nitrogens is 1. The van der Waals surface area contributed by atoms with Crippen LogP contribution in [0.15, 0.2) is 34.2 Å². The lowest BCUT2D eigenvalue weighted by Crippen LogP contribution is -2.17. The van der Waals surface area contributed by atoms with Crippen LogP contribution in [0.25, 0.3) is 21.6 Å². The molecule has 33 heavy (non-hydrogen) atoms. The van der Waals surface area contributed by atoms with Gasteiger partial charge in [0.15, 0.2) is 11.0 Å². The Morgan fingerprint density at radius 1 is 1.30 bits per heavy atom. The summed E-state index contributed by atoms with van der Waals surface area (Å²) in [6.45, 7) is 7.31. The fraction of sp³-hybridized carbons (Fsp3) is 0.391. The van der Waals surface area contributed by atoms with Crippen LogP contribution in [-0.2, 0) is 11.3 Å². The highest BCUT2D eigenvalue weighted by Crippen LogP contribution is 2.36. The molecule has 3 aromatic heterocycles. The van der Waals surface area contributed by atoms with Crippen LogP contribution in [0.4, 0.5) is 4.39 Å². The van der Waals surface area contributed by atoms with Crippen LogP contribution in [0.3, 0.4) is 0 Å². The van der Waals surface area contributed by atoms with Gasteiger partial charge in [0.05, 0.1) is 23.3 Å². The zero-order chi connectivity index (χ0) is 23.1. The standard InChI is InChI=1S/C23H24FN5O2S2/c1-12-13(2)32-22-18(12)21(30)25-19(26-22)14(3)33-23-28-27-20(15-6-8-16(24)9-7-15)29(23)11-17-5-4-10-31-17/h6-9,14,17H,4-5,10-11H2,1-3H3,(H,25,26,30)/t14-,17+/m1/s1. The highest BCUT2D eigenvalue weighted by molar-refractivity contribution is 7.99. The van der Waals surface area contributed by atoms with Gasteiger partial charge < -0.3 is 9.72 Å². The molecule has 0 saturated carbocycles. The van der Waals surface area contributed by atoms with E-state index >= 15 is 0 Å². The molecular formula is C23H24FN5O2S2. The van der Waals surface area contributed by atoms with Gasteiger partial charge in [-0.2, -0.15) is 0 Å². The van der Waals surface area contributed by atoms with Crippen LogP contribution in [0.1, 0.15) is 41.3 Å². The molecule has 0 unspecified atom stereocenters. The molecule has 1 saturated heterocycles. The summed E-state index contributed by atoms with van der Waals surface area (Å²) in [7, 11) is 0. The fourth-order valence-corrected chi connectivity index (χ4v) is 5.98. The molecule has 10 heteroatoms. The van der Waals surface area contributed by atoms with Crippen molar-refractivity contribution in [3.63, 3.8) is 0 Å². The van der Waals surface area contributed by atoms with Gasteiger partial charge in [0.1, 0.15) is 16.5 Å². The third kappa shape index (κ3) is 4.34. The fourth-order valence-electron chi connectivity index (χ4n) is 4.02. The molecule has 0 radical (unpaired) electrons. The van der Waals surface area contributed by atoms with E-state index in [1.165, 1.54) is 35.2 Å². The number of thioether (sulfide) groups is 1. The van der Waals surface area contributed by atoms with Crippen molar-refractivity contribution in [3.05, 3.63) is 56.7 Å². The molecule has 0 aliphatic carbocycles. The van der Waals surface area contributed by atoms with Gasteiger partial charge in [0, 0.05) is 17.0 Å². The van der Waals surface area contributed by atoms with E-state index < -0.39 is 0 Å². The van der Waals surface area contributed by atoms with Gasteiger partial charge in [-0.1, -0.05) is 11.8 Å². The molecule has 5 rings (SSSR count). The van der Waals surface area contributed by atoms with Gasteiger partial charge in [-0.3, -0.25) is 9.36 Å². The maximum absolute atomic E-state index is 13.5. The zero-order valence-electron chi connectivity index (χ0n) is 18.6. The molecule has 2 atom stereocenters. The van der Waals surface area contributed by atoms with Gasteiger partial charge in [0.2, 0.25) is 0 Å². The minimum absolute atomic E-state index is 0.0844. The van der Waals surface area contributed by atoms with E-state index in [-0.39, 0.29) is 22.7 Å². The number of hydrogen-bond acceptors (Lipinski definition) is 7.